The average molecular weight is 279 g/mol. The van der Waals surface area contributed by atoms with Crippen molar-refractivity contribution >= 4 is 11.7 Å². The summed E-state index contributed by atoms with van der Waals surface area (Å²) in [5.41, 5.74) is 8.79. The third-order valence-corrected chi connectivity index (χ3v) is 3.13. The van der Waals surface area contributed by atoms with E-state index in [1.54, 1.807) is 6.07 Å². The topological polar surface area (TPSA) is 61.5 Å². The molecule has 0 aliphatic rings. The van der Waals surface area contributed by atoms with Gasteiger partial charge in [-0.05, 0) is 43.4 Å². The number of nitrogen functional groups attached to an aromatic ring is 1. The van der Waals surface area contributed by atoms with Gasteiger partial charge in [0.2, 0.25) is 0 Å². The van der Waals surface area contributed by atoms with Gasteiger partial charge < -0.3 is 15.2 Å². The largest absolute Gasteiger partial charge is 0.460 e. The summed E-state index contributed by atoms with van der Waals surface area (Å²) in [5, 5.41) is 0. The van der Waals surface area contributed by atoms with Gasteiger partial charge in [0.25, 0.3) is 0 Å². The van der Waals surface area contributed by atoms with Gasteiger partial charge in [-0.2, -0.15) is 0 Å². The Morgan fingerprint density at radius 2 is 1.85 bits per heavy atom. The lowest BCUT2D eigenvalue weighted by atomic mass is 10.0. The molecule has 0 aromatic heterocycles. The highest BCUT2D eigenvalue weighted by Gasteiger charge is 2.12. The molecule has 0 radical (unpaired) electrons. The molecular formula is C16H25NO3. The monoisotopic (exact) mass is 279 g/mol. The predicted octanol–water partition coefficient (Wildman–Crippen LogP) is 3.11. The summed E-state index contributed by atoms with van der Waals surface area (Å²) in [6.07, 6.45) is 1.02. The second kappa shape index (κ2) is 7.90. The van der Waals surface area contributed by atoms with Crippen molar-refractivity contribution in [2.45, 2.75) is 34.1 Å². The summed E-state index contributed by atoms with van der Waals surface area (Å²) in [4.78, 5) is 11.9. The van der Waals surface area contributed by atoms with Crippen LogP contribution in [0.25, 0.3) is 0 Å². The molecule has 0 atom stereocenters. The lowest BCUT2D eigenvalue weighted by molar-refractivity contribution is 0.0302. The number of ether oxygens (including phenoxy) is 2. The van der Waals surface area contributed by atoms with E-state index in [0.29, 0.717) is 30.4 Å². The highest BCUT2D eigenvalue weighted by atomic mass is 16.6. The van der Waals surface area contributed by atoms with Crippen molar-refractivity contribution in [3.8, 4) is 0 Å². The molecule has 0 unspecified atom stereocenters. The van der Waals surface area contributed by atoms with Gasteiger partial charge in [-0.3, -0.25) is 0 Å². The minimum absolute atomic E-state index is 0.268. The number of benzene rings is 1. The molecule has 0 aliphatic carbocycles. The average Bonchev–Trinajstić information content (AvgIpc) is 2.37. The molecule has 0 heterocycles. The smallest absolute Gasteiger partial charge is 0.338 e. The summed E-state index contributed by atoms with van der Waals surface area (Å²) in [6.45, 7) is 9.48. The van der Waals surface area contributed by atoms with Gasteiger partial charge in [0.1, 0.15) is 6.61 Å². The number of aryl methyl sites for hydroxylation is 2. The van der Waals surface area contributed by atoms with E-state index in [9.17, 15) is 4.79 Å². The van der Waals surface area contributed by atoms with Crippen molar-refractivity contribution in [2.24, 2.45) is 5.92 Å². The van der Waals surface area contributed by atoms with E-state index < -0.39 is 0 Å². The van der Waals surface area contributed by atoms with Crippen LogP contribution in [-0.2, 0) is 9.47 Å². The van der Waals surface area contributed by atoms with Gasteiger partial charge in [0, 0.05) is 12.3 Å². The Kier molecular flexibility index (Phi) is 6.52. The predicted molar refractivity (Wildman–Crippen MR) is 80.9 cm³/mol. The van der Waals surface area contributed by atoms with Crippen LogP contribution >= 0.6 is 0 Å². The molecule has 0 saturated carbocycles. The maximum Gasteiger partial charge on any atom is 0.338 e. The molecule has 4 heteroatoms. The van der Waals surface area contributed by atoms with Crippen LogP contribution in [0.15, 0.2) is 12.1 Å². The third-order valence-electron chi connectivity index (χ3n) is 3.13. The van der Waals surface area contributed by atoms with Gasteiger partial charge in [0.05, 0.1) is 12.2 Å². The van der Waals surface area contributed by atoms with Crippen LogP contribution in [-0.4, -0.2) is 25.8 Å². The number of hydrogen-bond donors (Lipinski definition) is 1. The fraction of sp³-hybridized carbons (Fsp3) is 0.562. The third kappa shape index (κ3) is 5.21. The SMILES string of the molecule is Cc1cc(C)c(C(=O)OCCOCCC(C)C)cc1N. The fourth-order valence-electron chi connectivity index (χ4n) is 1.78. The molecular weight excluding hydrogens is 254 g/mol. The minimum Gasteiger partial charge on any atom is -0.460 e. The Morgan fingerprint density at radius 1 is 1.15 bits per heavy atom. The first-order valence-electron chi connectivity index (χ1n) is 7.03. The van der Waals surface area contributed by atoms with E-state index in [4.69, 9.17) is 15.2 Å². The molecule has 0 aliphatic heterocycles. The standard InChI is InChI=1S/C16H25NO3/c1-11(2)5-6-19-7-8-20-16(18)14-10-15(17)13(4)9-12(14)3/h9-11H,5-8,17H2,1-4H3. The normalized spacial score (nSPS) is 10.8. The molecule has 4 nitrogen and oxygen atoms in total. The molecule has 0 fully saturated rings. The van der Waals surface area contributed by atoms with Gasteiger partial charge in [-0.15, -0.1) is 0 Å². The van der Waals surface area contributed by atoms with Crippen LogP contribution in [0.1, 0.15) is 41.8 Å². The lowest BCUT2D eigenvalue weighted by Crippen LogP contribution is -2.13. The highest BCUT2D eigenvalue weighted by molar-refractivity contribution is 5.92. The zero-order valence-corrected chi connectivity index (χ0v) is 12.9. The Hall–Kier alpha value is -1.55. The van der Waals surface area contributed by atoms with E-state index in [1.165, 1.54) is 0 Å². The summed E-state index contributed by atoms with van der Waals surface area (Å²) in [7, 11) is 0. The number of rotatable bonds is 7. The van der Waals surface area contributed by atoms with Gasteiger partial charge in [-0.25, -0.2) is 4.79 Å². The van der Waals surface area contributed by atoms with Crippen LogP contribution < -0.4 is 5.73 Å². The molecule has 1 rings (SSSR count). The maximum absolute atomic E-state index is 11.9. The number of hydrogen-bond acceptors (Lipinski definition) is 4. The number of nitrogens with two attached hydrogens (primary N) is 1. The van der Waals surface area contributed by atoms with Crippen LogP contribution in [0.4, 0.5) is 5.69 Å². The van der Waals surface area contributed by atoms with Crippen molar-refractivity contribution in [2.75, 3.05) is 25.6 Å². The van der Waals surface area contributed by atoms with Crippen molar-refractivity contribution < 1.29 is 14.3 Å². The molecule has 2 N–H and O–H groups in total. The van der Waals surface area contributed by atoms with Crippen LogP contribution in [0.3, 0.4) is 0 Å². The van der Waals surface area contributed by atoms with Crippen LogP contribution in [0.2, 0.25) is 0 Å². The zero-order chi connectivity index (χ0) is 15.1. The lowest BCUT2D eigenvalue weighted by Gasteiger charge is -2.10. The second-order valence-electron chi connectivity index (χ2n) is 5.45. The van der Waals surface area contributed by atoms with Gasteiger partial charge in [0.15, 0.2) is 0 Å². The number of carbonyl (C=O) groups is 1. The highest BCUT2D eigenvalue weighted by Crippen LogP contribution is 2.18. The quantitative estimate of drug-likeness (QED) is 0.473. The number of esters is 1. The summed E-state index contributed by atoms with van der Waals surface area (Å²) < 4.78 is 10.6. The van der Waals surface area contributed by atoms with Crippen molar-refractivity contribution in [1.29, 1.82) is 0 Å². The zero-order valence-electron chi connectivity index (χ0n) is 12.9. The minimum atomic E-state index is -0.346. The first kappa shape index (κ1) is 16.5. The van der Waals surface area contributed by atoms with Crippen LogP contribution in [0.5, 0.6) is 0 Å². The van der Waals surface area contributed by atoms with E-state index >= 15 is 0 Å². The number of anilines is 1. The first-order chi connectivity index (χ1) is 9.41. The maximum atomic E-state index is 11.9. The summed E-state index contributed by atoms with van der Waals surface area (Å²) in [6, 6.07) is 3.57. The van der Waals surface area contributed by atoms with Gasteiger partial charge >= 0.3 is 5.97 Å². The van der Waals surface area contributed by atoms with E-state index in [-0.39, 0.29) is 12.6 Å². The molecule has 0 bridgehead atoms. The number of carbonyl (C=O) groups excluding carboxylic acids is 1. The summed E-state index contributed by atoms with van der Waals surface area (Å²) in [5.74, 6) is 0.275. The Balaban J connectivity index is 2.38. The van der Waals surface area contributed by atoms with Crippen LogP contribution in [0, 0.1) is 19.8 Å². The van der Waals surface area contributed by atoms with Crippen molar-refractivity contribution in [1.82, 2.24) is 0 Å². The molecule has 1 aromatic rings. The molecule has 0 amide bonds. The van der Waals surface area contributed by atoms with E-state index in [1.807, 2.05) is 19.9 Å². The van der Waals surface area contributed by atoms with Crippen molar-refractivity contribution in [3.05, 3.63) is 28.8 Å². The van der Waals surface area contributed by atoms with Crippen molar-refractivity contribution in [3.63, 3.8) is 0 Å². The molecule has 112 valence electrons. The van der Waals surface area contributed by atoms with Gasteiger partial charge in [-0.1, -0.05) is 19.9 Å². The fourth-order valence-corrected chi connectivity index (χ4v) is 1.78. The molecule has 1 aromatic carbocycles. The van der Waals surface area contributed by atoms with E-state index in [0.717, 1.165) is 17.5 Å². The first-order valence-corrected chi connectivity index (χ1v) is 7.03. The van der Waals surface area contributed by atoms with E-state index in [2.05, 4.69) is 13.8 Å². The Labute approximate surface area is 121 Å². The molecule has 0 saturated heterocycles. The second-order valence-corrected chi connectivity index (χ2v) is 5.45. The summed E-state index contributed by atoms with van der Waals surface area (Å²) >= 11 is 0. The molecule has 0 spiro atoms. The molecule has 20 heavy (non-hydrogen) atoms. The Morgan fingerprint density at radius 3 is 2.50 bits per heavy atom. The Bertz CT molecular complexity index is 455.